The summed E-state index contributed by atoms with van der Waals surface area (Å²) in [6.45, 7) is 9.63. The molecule has 1 aromatic rings. The second-order valence-corrected chi connectivity index (χ2v) is 5.00. The largest absolute Gasteiger partial charge is 0.357 e. The number of aryl methyl sites for hydroxylation is 1. The summed E-state index contributed by atoms with van der Waals surface area (Å²) in [4.78, 5) is 11.0. The SMILES string of the molecule is CCNC(=NCc1ncnn1C)NCCN(C)C(C)C. The number of aromatic nitrogens is 3. The van der Waals surface area contributed by atoms with E-state index < -0.39 is 0 Å². The number of aliphatic imine (C=N–C) groups is 1. The molecule has 0 atom stereocenters. The minimum atomic E-state index is 0.520. The summed E-state index contributed by atoms with van der Waals surface area (Å²) in [5.74, 6) is 1.66. The van der Waals surface area contributed by atoms with Crippen molar-refractivity contribution >= 4 is 5.96 Å². The Kier molecular flexibility index (Phi) is 7.00. The Morgan fingerprint density at radius 2 is 2.20 bits per heavy atom. The van der Waals surface area contributed by atoms with Gasteiger partial charge in [0.15, 0.2) is 5.96 Å². The average Bonchev–Trinajstić information content (AvgIpc) is 2.81. The molecule has 2 N–H and O–H groups in total. The summed E-state index contributed by atoms with van der Waals surface area (Å²) in [6.07, 6.45) is 1.54. The minimum absolute atomic E-state index is 0.520. The maximum absolute atomic E-state index is 4.51. The van der Waals surface area contributed by atoms with Gasteiger partial charge in [0.05, 0.1) is 0 Å². The molecule has 7 nitrogen and oxygen atoms in total. The molecule has 0 amide bonds. The zero-order chi connectivity index (χ0) is 15.0. The topological polar surface area (TPSA) is 70.4 Å². The van der Waals surface area contributed by atoms with Crippen molar-refractivity contribution < 1.29 is 0 Å². The predicted octanol–water partition coefficient (Wildman–Crippen LogP) is 0.210. The Hall–Kier alpha value is -1.63. The second kappa shape index (κ2) is 8.52. The van der Waals surface area contributed by atoms with Crippen molar-refractivity contribution in [2.45, 2.75) is 33.4 Å². The van der Waals surface area contributed by atoms with Crippen LogP contribution in [0.5, 0.6) is 0 Å². The van der Waals surface area contributed by atoms with E-state index >= 15 is 0 Å². The van der Waals surface area contributed by atoms with Gasteiger partial charge in [0.2, 0.25) is 0 Å². The highest BCUT2D eigenvalue weighted by molar-refractivity contribution is 5.79. The van der Waals surface area contributed by atoms with E-state index in [1.165, 1.54) is 0 Å². The summed E-state index contributed by atoms with van der Waals surface area (Å²) in [7, 11) is 3.99. The molecule has 0 fully saturated rings. The third-order valence-electron chi connectivity index (χ3n) is 3.17. The smallest absolute Gasteiger partial charge is 0.191 e. The summed E-state index contributed by atoms with van der Waals surface area (Å²) in [5, 5.41) is 10.6. The molecule has 0 spiro atoms. The van der Waals surface area contributed by atoms with E-state index in [1.807, 2.05) is 7.05 Å². The van der Waals surface area contributed by atoms with Crippen molar-refractivity contribution in [3.8, 4) is 0 Å². The number of hydrogen-bond acceptors (Lipinski definition) is 4. The van der Waals surface area contributed by atoms with Crippen molar-refractivity contribution in [3.05, 3.63) is 12.2 Å². The van der Waals surface area contributed by atoms with Gasteiger partial charge in [-0.05, 0) is 27.8 Å². The van der Waals surface area contributed by atoms with Gasteiger partial charge in [-0.25, -0.2) is 9.98 Å². The second-order valence-electron chi connectivity index (χ2n) is 5.00. The van der Waals surface area contributed by atoms with E-state index in [2.05, 4.69) is 58.4 Å². The molecule has 0 saturated carbocycles. The molecule has 0 bridgehead atoms. The van der Waals surface area contributed by atoms with Crippen LogP contribution in [-0.2, 0) is 13.6 Å². The van der Waals surface area contributed by atoms with E-state index in [0.29, 0.717) is 12.6 Å². The standard InChI is InChI=1S/C13H27N7/c1-6-14-13(15-7-8-19(4)11(2)3)16-9-12-17-10-18-20(12)5/h10-11H,6-9H2,1-5H3,(H2,14,15,16). The summed E-state index contributed by atoms with van der Waals surface area (Å²) in [6, 6.07) is 0.551. The Morgan fingerprint density at radius 1 is 1.45 bits per heavy atom. The van der Waals surface area contributed by atoms with Crippen LogP contribution in [-0.4, -0.2) is 58.3 Å². The van der Waals surface area contributed by atoms with E-state index in [4.69, 9.17) is 0 Å². The summed E-state index contributed by atoms with van der Waals surface area (Å²) in [5.41, 5.74) is 0. The first-order valence-electron chi connectivity index (χ1n) is 7.09. The van der Waals surface area contributed by atoms with Gasteiger partial charge in [0, 0.05) is 32.7 Å². The zero-order valence-electron chi connectivity index (χ0n) is 13.2. The number of hydrogen-bond donors (Lipinski definition) is 2. The fourth-order valence-corrected chi connectivity index (χ4v) is 1.56. The predicted molar refractivity (Wildman–Crippen MR) is 81.6 cm³/mol. The van der Waals surface area contributed by atoms with Crippen molar-refractivity contribution in [2.75, 3.05) is 26.7 Å². The Bertz CT molecular complexity index is 411. The molecule has 0 aromatic carbocycles. The van der Waals surface area contributed by atoms with Gasteiger partial charge in [-0.1, -0.05) is 0 Å². The monoisotopic (exact) mass is 281 g/mol. The van der Waals surface area contributed by atoms with Crippen LogP contribution >= 0.6 is 0 Å². The first kappa shape index (κ1) is 16.4. The summed E-state index contributed by atoms with van der Waals surface area (Å²) < 4.78 is 1.74. The van der Waals surface area contributed by atoms with Crippen molar-refractivity contribution in [2.24, 2.45) is 12.0 Å². The molecule has 0 aliphatic carbocycles. The highest BCUT2D eigenvalue weighted by atomic mass is 15.3. The molecule has 1 aromatic heterocycles. The average molecular weight is 281 g/mol. The third-order valence-corrected chi connectivity index (χ3v) is 3.17. The van der Waals surface area contributed by atoms with Gasteiger partial charge >= 0.3 is 0 Å². The Balaban J connectivity index is 2.45. The van der Waals surface area contributed by atoms with Gasteiger partial charge < -0.3 is 15.5 Å². The van der Waals surface area contributed by atoms with Crippen LogP contribution in [0.4, 0.5) is 0 Å². The van der Waals surface area contributed by atoms with Gasteiger partial charge in [-0.15, -0.1) is 0 Å². The molecule has 7 heteroatoms. The van der Waals surface area contributed by atoms with Crippen LogP contribution in [0.3, 0.4) is 0 Å². The van der Waals surface area contributed by atoms with E-state index in [-0.39, 0.29) is 0 Å². The molecular weight excluding hydrogens is 254 g/mol. The van der Waals surface area contributed by atoms with Crippen LogP contribution in [0.2, 0.25) is 0 Å². The first-order chi connectivity index (χ1) is 9.54. The van der Waals surface area contributed by atoms with Crippen LogP contribution in [0.25, 0.3) is 0 Å². The Labute approximate surface area is 121 Å². The van der Waals surface area contributed by atoms with Crippen LogP contribution in [0.15, 0.2) is 11.3 Å². The van der Waals surface area contributed by atoms with Gasteiger partial charge in [-0.3, -0.25) is 4.68 Å². The van der Waals surface area contributed by atoms with Crippen molar-refractivity contribution in [1.82, 2.24) is 30.3 Å². The molecular formula is C13H27N7. The lowest BCUT2D eigenvalue weighted by molar-refractivity contribution is 0.278. The molecule has 114 valence electrons. The molecule has 1 rings (SSSR count). The first-order valence-corrected chi connectivity index (χ1v) is 7.09. The fourth-order valence-electron chi connectivity index (χ4n) is 1.56. The molecule has 20 heavy (non-hydrogen) atoms. The number of nitrogens with one attached hydrogen (secondary N) is 2. The summed E-state index contributed by atoms with van der Waals surface area (Å²) >= 11 is 0. The number of likely N-dealkylation sites (N-methyl/N-ethyl adjacent to an activating group) is 1. The number of nitrogens with zero attached hydrogens (tertiary/aromatic N) is 5. The lowest BCUT2D eigenvalue weighted by atomic mass is 10.3. The van der Waals surface area contributed by atoms with Crippen LogP contribution in [0.1, 0.15) is 26.6 Å². The van der Waals surface area contributed by atoms with Gasteiger partial charge in [0.25, 0.3) is 0 Å². The third kappa shape index (κ3) is 5.56. The van der Waals surface area contributed by atoms with Crippen LogP contribution < -0.4 is 10.6 Å². The highest BCUT2D eigenvalue weighted by Gasteiger charge is 2.04. The quantitative estimate of drug-likeness (QED) is 0.552. The molecule has 0 saturated heterocycles. The van der Waals surface area contributed by atoms with E-state index in [1.54, 1.807) is 11.0 Å². The van der Waals surface area contributed by atoms with Crippen LogP contribution in [0, 0.1) is 0 Å². The van der Waals surface area contributed by atoms with Gasteiger partial charge in [-0.2, -0.15) is 5.10 Å². The molecule has 0 aliphatic rings. The molecule has 0 unspecified atom stereocenters. The van der Waals surface area contributed by atoms with Crippen molar-refractivity contribution in [1.29, 1.82) is 0 Å². The number of guanidine groups is 1. The maximum atomic E-state index is 4.51. The lowest BCUT2D eigenvalue weighted by Gasteiger charge is -2.21. The highest BCUT2D eigenvalue weighted by Crippen LogP contribution is 1.94. The molecule has 0 aliphatic heterocycles. The molecule has 0 radical (unpaired) electrons. The van der Waals surface area contributed by atoms with Gasteiger partial charge in [0.1, 0.15) is 18.7 Å². The zero-order valence-corrected chi connectivity index (χ0v) is 13.2. The van der Waals surface area contributed by atoms with Crippen molar-refractivity contribution in [3.63, 3.8) is 0 Å². The number of rotatable bonds is 7. The minimum Gasteiger partial charge on any atom is -0.357 e. The fraction of sp³-hybridized carbons (Fsp3) is 0.769. The lowest BCUT2D eigenvalue weighted by Crippen LogP contribution is -2.42. The normalized spacial score (nSPS) is 12.2. The van der Waals surface area contributed by atoms with E-state index in [9.17, 15) is 0 Å². The van der Waals surface area contributed by atoms with E-state index in [0.717, 1.165) is 31.4 Å². The molecule has 1 heterocycles. The maximum Gasteiger partial charge on any atom is 0.191 e. The Morgan fingerprint density at radius 3 is 2.75 bits per heavy atom.